The molecule has 0 spiro atoms. The average Bonchev–Trinajstić information content (AvgIpc) is 1.85. The minimum atomic E-state index is 0.431. The van der Waals surface area contributed by atoms with Crippen molar-refractivity contribution < 1.29 is 4.74 Å². The first kappa shape index (κ1) is 9.74. The summed E-state index contributed by atoms with van der Waals surface area (Å²) in [5.74, 6) is 0. The molecule has 1 heterocycles. The fourth-order valence-electron chi connectivity index (χ4n) is 1.66. The van der Waals surface area contributed by atoms with Crippen molar-refractivity contribution in [2.75, 3.05) is 7.05 Å². The second-order valence-electron chi connectivity index (χ2n) is 3.41. The van der Waals surface area contributed by atoms with Crippen molar-refractivity contribution in [2.45, 2.75) is 44.9 Å². The van der Waals surface area contributed by atoms with Gasteiger partial charge in [0.25, 0.3) is 0 Å². The summed E-state index contributed by atoms with van der Waals surface area (Å²) in [5.41, 5.74) is 0. The SMILES string of the molecule is CC1CC(N(C)I)CC(C)O1. The molecule has 1 saturated heterocycles. The second-order valence-corrected chi connectivity index (χ2v) is 4.93. The zero-order valence-electron chi connectivity index (χ0n) is 7.38. The predicted octanol–water partition coefficient (Wildman–Crippen LogP) is 2.22. The molecule has 0 amide bonds. The Hall–Kier alpha value is 0.650. The van der Waals surface area contributed by atoms with E-state index in [4.69, 9.17) is 4.74 Å². The first-order valence-corrected chi connectivity index (χ1v) is 5.10. The van der Waals surface area contributed by atoms with Gasteiger partial charge in [0.15, 0.2) is 0 Å². The maximum atomic E-state index is 5.64. The van der Waals surface area contributed by atoms with Gasteiger partial charge in [0.1, 0.15) is 0 Å². The third-order valence-corrected chi connectivity index (χ3v) is 2.96. The van der Waals surface area contributed by atoms with Crippen molar-refractivity contribution in [1.82, 2.24) is 3.11 Å². The van der Waals surface area contributed by atoms with Crippen LogP contribution in [0.2, 0.25) is 0 Å². The Kier molecular flexibility index (Phi) is 3.58. The molecule has 0 radical (unpaired) electrons. The van der Waals surface area contributed by atoms with Gasteiger partial charge in [-0.1, -0.05) is 0 Å². The van der Waals surface area contributed by atoms with E-state index in [-0.39, 0.29) is 0 Å². The van der Waals surface area contributed by atoms with E-state index in [2.05, 4.69) is 46.9 Å². The predicted molar refractivity (Wildman–Crippen MR) is 54.8 cm³/mol. The van der Waals surface area contributed by atoms with Crippen LogP contribution in [0.5, 0.6) is 0 Å². The molecule has 0 bridgehead atoms. The molecule has 1 fully saturated rings. The summed E-state index contributed by atoms with van der Waals surface area (Å²) in [6.07, 6.45) is 3.20. The molecule has 66 valence electrons. The molecule has 0 saturated carbocycles. The van der Waals surface area contributed by atoms with Crippen molar-refractivity contribution in [2.24, 2.45) is 0 Å². The maximum absolute atomic E-state index is 5.64. The molecule has 0 aromatic carbocycles. The van der Waals surface area contributed by atoms with Crippen LogP contribution in [0.4, 0.5) is 0 Å². The molecular formula is C8H16INO. The van der Waals surface area contributed by atoms with Gasteiger partial charge >= 0.3 is 0 Å². The van der Waals surface area contributed by atoms with Gasteiger partial charge in [0, 0.05) is 28.9 Å². The molecule has 0 aromatic heterocycles. The van der Waals surface area contributed by atoms with Gasteiger partial charge in [-0.15, -0.1) is 0 Å². The molecule has 3 heteroatoms. The van der Waals surface area contributed by atoms with Crippen molar-refractivity contribution in [1.29, 1.82) is 0 Å². The molecular weight excluding hydrogens is 253 g/mol. The van der Waals surface area contributed by atoms with Crippen molar-refractivity contribution >= 4 is 22.9 Å². The van der Waals surface area contributed by atoms with E-state index in [9.17, 15) is 0 Å². The molecule has 2 nitrogen and oxygen atoms in total. The van der Waals surface area contributed by atoms with Gasteiger partial charge in [0.05, 0.1) is 12.2 Å². The van der Waals surface area contributed by atoms with E-state index >= 15 is 0 Å². The van der Waals surface area contributed by atoms with Crippen LogP contribution in [0.15, 0.2) is 0 Å². The second kappa shape index (κ2) is 4.05. The number of hydrogen-bond donors (Lipinski definition) is 0. The standard InChI is InChI=1S/C8H16INO/c1-6-4-8(10(3)9)5-7(2)11-6/h6-8H,4-5H2,1-3H3. The third-order valence-electron chi connectivity index (χ3n) is 2.18. The molecule has 2 atom stereocenters. The quantitative estimate of drug-likeness (QED) is 0.534. The highest BCUT2D eigenvalue weighted by atomic mass is 127. The fourth-order valence-corrected chi connectivity index (χ4v) is 2.12. The van der Waals surface area contributed by atoms with E-state index < -0.39 is 0 Å². The van der Waals surface area contributed by atoms with Crippen LogP contribution in [0.25, 0.3) is 0 Å². The normalized spacial score (nSPS) is 39.5. The van der Waals surface area contributed by atoms with Crippen molar-refractivity contribution in [3.05, 3.63) is 0 Å². The molecule has 0 aliphatic carbocycles. The van der Waals surface area contributed by atoms with E-state index in [1.54, 1.807) is 0 Å². The van der Waals surface area contributed by atoms with Gasteiger partial charge < -0.3 is 4.74 Å². The van der Waals surface area contributed by atoms with E-state index in [1.165, 1.54) is 12.8 Å². The molecule has 0 N–H and O–H groups in total. The van der Waals surface area contributed by atoms with Crippen molar-refractivity contribution in [3.63, 3.8) is 0 Å². The maximum Gasteiger partial charge on any atom is 0.0565 e. The van der Waals surface area contributed by atoms with Crippen LogP contribution in [0.1, 0.15) is 26.7 Å². The average molecular weight is 269 g/mol. The Morgan fingerprint density at radius 3 is 2.09 bits per heavy atom. The lowest BCUT2D eigenvalue weighted by atomic mass is 10.0. The highest BCUT2D eigenvalue weighted by Crippen LogP contribution is 2.24. The van der Waals surface area contributed by atoms with Gasteiger partial charge in [-0.2, -0.15) is 0 Å². The van der Waals surface area contributed by atoms with Crippen molar-refractivity contribution in [3.8, 4) is 0 Å². The summed E-state index contributed by atoms with van der Waals surface area (Å²) in [4.78, 5) is 0. The summed E-state index contributed by atoms with van der Waals surface area (Å²) in [7, 11) is 2.13. The van der Waals surface area contributed by atoms with Crippen LogP contribution in [0.3, 0.4) is 0 Å². The summed E-state index contributed by atoms with van der Waals surface area (Å²) >= 11 is 2.36. The van der Waals surface area contributed by atoms with E-state index in [0.717, 1.165) is 0 Å². The summed E-state index contributed by atoms with van der Waals surface area (Å²) in [5, 5.41) is 0. The van der Waals surface area contributed by atoms with E-state index in [0.29, 0.717) is 18.2 Å². The van der Waals surface area contributed by atoms with Gasteiger partial charge in [0.2, 0.25) is 0 Å². The largest absolute Gasteiger partial charge is 0.375 e. The highest BCUT2D eigenvalue weighted by molar-refractivity contribution is 14.1. The Morgan fingerprint density at radius 2 is 1.73 bits per heavy atom. The van der Waals surface area contributed by atoms with Crippen LogP contribution >= 0.6 is 22.9 Å². The summed E-state index contributed by atoms with van der Waals surface area (Å²) in [6.45, 7) is 4.31. The number of ether oxygens (including phenoxy) is 1. The minimum Gasteiger partial charge on any atom is -0.375 e. The molecule has 1 rings (SSSR count). The lowest BCUT2D eigenvalue weighted by Crippen LogP contribution is -2.38. The molecule has 1 aliphatic rings. The molecule has 2 unspecified atom stereocenters. The van der Waals surface area contributed by atoms with E-state index in [1.807, 2.05) is 0 Å². The number of nitrogens with zero attached hydrogens (tertiary/aromatic N) is 1. The third kappa shape index (κ3) is 2.87. The Balaban J connectivity index is 2.43. The van der Waals surface area contributed by atoms with Crippen LogP contribution in [0, 0.1) is 0 Å². The van der Waals surface area contributed by atoms with Gasteiger partial charge in [-0.05, 0) is 33.7 Å². The van der Waals surface area contributed by atoms with Crippen LogP contribution in [-0.4, -0.2) is 28.4 Å². The molecule has 0 aromatic rings. The van der Waals surface area contributed by atoms with Crippen LogP contribution < -0.4 is 0 Å². The number of rotatable bonds is 1. The smallest absolute Gasteiger partial charge is 0.0565 e. The summed E-state index contributed by atoms with van der Waals surface area (Å²) in [6, 6.07) is 0.703. The monoisotopic (exact) mass is 269 g/mol. The first-order valence-electron chi connectivity index (χ1n) is 4.13. The Labute approximate surface area is 82.8 Å². The Morgan fingerprint density at radius 1 is 1.27 bits per heavy atom. The van der Waals surface area contributed by atoms with Gasteiger partial charge in [-0.3, -0.25) is 0 Å². The lowest BCUT2D eigenvalue weighted by Gasteiger charge is -2.34. The molecule has 1 aliphatic heterocycles. The lowest BCUT2D eigenvalue weighted by molar-refractivity contribution is -0.0482. The first-order chi connectivity index (χ1) is 5.09. The Bertz CT molecular complexity index is 119. The number of halogens is 1. The minimum absolute atomic E-state index is 0.431. The highest BCUT2D eigenvalue weighted by Gasteiger charge is 2.25. The number of hydrogen-bond acceptors (Lipinski definition) is 2. The zero-order valence-corrected chi connectivity index (χ0v) is 9.54. The topological polar surface area (TPSA) is 12.5 Å². The molecule has 11 heavy (non-hydrogen) atoms. The summed E-state index contributed by atoms with van der Waals surface area (Å²) < 4.78 is 7.91. The zero-order chi connectivity index (χ0) is 8.43. The van der Waals surface area contributed by atoms with Gasteiger partial charge in [-0.25, -0.2) is 3.11 Å². The van der Waals surface area contributed by atoms with Crippen LogP contribution in [-0.2, 0) is 4.74 Å². The fraction of sp³-hybridized carbons (Fsp3) is 1.00.